The zero-order valence-electron chi connectivity index (χ0n) is 10.1. The number of hydrogen-bond donors (Lipinski definition) is 0. The van der Waals surface area contributed by atoms with E-state index in [0.29, 0.717) is 0 Å². The summed E-state index contributed by atoms with van der Waals surface area (Å²) >= 11 is 3.54. The van der Waals surface area contributed by atoms with Crippen LogP contribution in [0.25, 0.3) is 0 Å². The van der Waals surface area contributed by atoms with Gasteiger partial charge in [0.1, 0.15) is 6.04 Å². The molecular weight excluding hydrogens is 276 g/mol. The summed E-state index contributed by atoms with van der Waals surface area (Å²) < 4.78 is 1.09. The van der Waals surface area contributed by atoms with E-state index in [4.69, 9.17) is 0 Å². The minimum absolute atomic E-state index is 0.0906. The van der Waals surface area contributed by atoms with Crippen LogP contribution in [0, 0.1) is 18.3 Å². The first kappa shape index (κ1) is 12.6. The lowest BCUT2D eigenvalue weighted by Crippen LogP contribution is -2.33. The minimum Gasteiger partial charge on any atom is -0.284 e. The first-order valence-corrected chi connectivity index (χ1v) is 6.91. The Morgan fingerprint density at radius 2 is 2.00 bits per heavy atom. The fourth-order valence-corrected chi connectivity index (χ4v) is 2.72. The molecule has 0 aliphatic carbocycles. The lowest BCUT2D eigenvalue weighted by atomic mass is 10.0. The molecule has 1 aliphatic heterocycles. The van der Waals surface area contributed by atoms with Gasteiger partial charge in [0.15, 0.2) is 0 Å². The molecule has 1 atom stereocenters. The van der Waals surface area contributed by atoms with Crippen molar-refractivity contribution in [2.45, 2.75) is 32.2 Å². The minimum atomic E-state index is -0.0906. The zero-order chi connectivity index (χ0) is 12.3. The molecule has 1 saturated heterocycles. The van der Waals surface area contributed by atoms with Crippen molar-refractivity contribution in [3.05, 3.63) is 33.8 Å². The maximum Gasteiger partial charge on any atom is 0.123 e. The van der Waals surface area contributed by atoms with Crippen LogP contribution in [0.2, 0.25) is 0 Å². The van der Waals surface area contributed by atoms with E-state index in [1.54, 1.807) is 0 Å². The van der Waals surface area contributed by atoms with Crippen LogP contribution >= 0.6 is 15.9 Å². The van der Waals surface area contributed by atoms with E-state index in [0.717, 1.165) is 23.1 Å². The van der Waals surface area contributed by atoms with Crippen LogP contribution in [0.4, 0.5) is 0 Å². The molecule has 1 aromatic carbocycles. The second-order valence-electron chi connectivity index (χ2n) is 4.64. The summed E-state index contributed by atoms with van der Waals surface area (Å²) in [5, 5.41) is 9.38. The van der Waals surface area contributed by atoms with Gasteiger partial charge in [-0.2, -0.15) is 5.26 Å². The van der Waals surface area contributed by atoms with Crippen LogP contribution in [0.15, 0.2) is 22.7 Å². The zero-order valence-corrected chi connectivity index (χ0v) is 11.7. The first-order valence-electron chi connectivity index (χ1n) is 6.12. The first-order chi connectivity index (χ1) is 8.22. The highest BCUT2D eigenvalue weighted by Crippen LogP contribution is 2.27. The van der Waals surface area contributed by atoms with Crippen LogP contribution in [0.5, 0.6) is 0 Å². The maximum atomic E-state index is 9.38. The topological polar surface area (TPSA) is 27.0 Å². The third kappa shape index (κ3) is 2.88. The van der Waals surface area contributed by atoms with Crippen LogP contribution in [0.1, 0.15) is 36.4 Å². The van der Waals surface area contributed by atoms with Crippen LogP contribution in [-0.2, 0) is 0 Å². The summed E-state index contributed by atoms with van der Waals surface area (Å²) in [6.45, 7) is 4.16. The molecule has 0 bridgehead atoms. The third-order valence-corrected chi connectivity index (χ3v) is 4.24. The molecule has 1 unspecified atom stereocenters. The van der Waals surface area contributed by atoms with Gasteiger partial charge in [-0.15, -0.1) is 0 Å². The molecule has 90 valence electrons. The molecule has 0 N–H and O–H groups in total. The predicted molar refractivity (Wildman–Crippen MR) is 72.7 cm³/mol. The Morgan fingerprint density at radius 1 is 1.29 bits per heavy atom. The number of likely N-dealkylation sites (tertiary alicyclic amines) is 1. The van der Waals surface area contributed by atoms with Gasteiger partial charge in [-0.1, -0.05) is 34.5 Å². The Morgan fingerprint density at radius 3 is 2.59 bits per heavy atom. The highest BCUT2D eigenvalue weighted by Gasteiger charge is 2.22. The summed E-state index contributed by atoms with van der Waals surface area (Å²) in [4.78, 5) is 2.29. The molecule has 0 spiro atoms. The average molecular weight is 293 g/mol. The van der Waals surface area contributed by atoms with E-state index in [1.165, 1.54) is 24.8 Å². The highest BCUT2D eigenvalue weighted by atomic mass is 79.9. The predicted octanol–water partition coefficient (Wildman–Crippen LogP) is 3.81. The van der Waals surface area contributed by atoms with Gasteiger partial charge in [-0.25, -0.2) is 0 Å². The van der Waals surface area contributed by atoms with Gasteiger partial charge in [0.05, 0.1) is 6.07 Å². The van der Waals surface area contributed by atoms with Crippen molar-refractivity contribution in [3.8, 4) is 6.07 Å². The molecule has 1 aromatic rings. The van der Waals surface area contributed by atoms with Crippen molar-refractivity contribution >= 4 is 15.9 Å². The van der Waals surface area contributed by atoms with Crippen molar-refractivity contribution in [3.63, 3.8) is 0 Å². The number of nitriles is 1. The summed E-state index contributed by atoms with van der Waals surface area (Å²) in [7, 11) is 0. The Labute approximate surface area is 111 Å². The molecule has 1 aliphatic rings. The Balaban J connectivity index is 2.22. The monoisotopic (exact) mass is 292 g/mol. The molecule has 0 aromatic heterocycles. The van der Waals surface area contributed by atoms with Gasteiger partial charge in [0, 0.05) is 4.47 Å². The van der Waals surface area contributed by atoms with E-state index in [-0.39, 0.29) is 6.04 Å². The second kappa shape index (κ2) is 5.66. The van der Waals surface area contributed by atoms with E-state index in [2.05, 4.69) is 52.0 Å². The number of halogens is 1. The molecule has 1 heterocycles. The summed E-state index contributed by atoms with van der Waals surface area (Å²) in [6.07, 6.45) is 3.72. The molecule has 2 nitrogen and oxygen atoms in total. The van der Waals surface area contributed by atoms with E-state index in [9.17, 15) is 5.26 Å². The number of aryl methyl sites for hydroxylation is 1. The molecule has 1 fully saturated rings. The maximum absolute atomic E-state index is 9.38. The van der Waals surface area contributed by atoms with Crippen LogP contribution < -0.4 is 0 Å². The second-order valence-corrected chi connectivity index (χ2v) is 5.49. The van der Waals surface area contributed by atoms with Crippen molar-refractivity contribution < 1.29 is 0 Å². The molecule has 0 amide bonds. The smallest absolute Gasteiger partial charge is 0.123 e. The van der Waals surface area contributed by atoms with Crippen molar-refractivity contribution in [1.29, 1.82) is 5.26 Å². The largest absolute Gasteiger partial charge is 0.284 e. The molecule has 0 radical (unpaired) electrons. The number of piperidine rings is 1. The lowest BCUT2D eigenvalue weighted by Gasteiger charge is -2.30. The summed E-state index contributed by atoms with van der Waals surface area (Å²) in [6, 6.07) is 8.58. The fraction of sp³-hybridized carbons (Fsp3) is 0.500. The standard InChI is InChI=1S/C14H17BrN2/c1-11-5-6-12(9-13(11)15)14(10-16)17-7-3-2-4-8-17/h5-6,9,14H,2-4,7-8H2,1H3. The lowest BCUT2D eigenvalue weighted by molar-refractivity contribution is 0.196. The van der Waals surface area contributed by atoms with Gasteiger partial charge < -0.3 is 0 Å². The van der Waals surface area contributed by atoms with Crippen LogP contribution in [-0.4, -0.2) is 18.0 Å². The van der Waals surface area contributed by atoms with Crippen molar-refractivity contribution in [2.75, 3.05) is 13.1 Å². The van der Waals surface area contributed by atoms with Crippen molar-refractivity contribution in [2.24, 2.45) is 0 Å². The number of hydrogen-bond acceptors (Lipinski definition) is 2. The summed E-state index contributed by atoms with van der Waals surface area (Å²) in [5.74, 6) is 0. The highest BCUT2D eigenvalue weighted by molar-refractivity contribution is 9.10. The number of nitrogens with zero attached hydrogens (tertiary/aromatic N) is 2. The van der Waals surface area contributed by atoms with E-state index in [1.807, 2.05) is 0 Å². The SMILES string of the molecule is Cc1ccc(C(C#N)N2CCCCC2)cc1Br. The Kier molecular flexibility index (Phi) is 4.20. The van der Waals surface area contributed by atoms with Gasteiger partial charge in [0.2, 0.25) is 0 Å². The molecule has 2 rings (SSSR count). The normalized spacial score (nSPS) is 18.6. The number of benzene rings is 1. The van der Waals surface area contributed by atoms with Gasteiger partial charge >= 0.3 is 0 Å². The Bertz CT molecular complexity index is 430. The van der Waals surface area contributed by atoms with Gasteiger partial charge in [0.25, 0.3) is 0 Å². The van der Waals surface area contributed by atoms with Gasteiger partial charge in [-0.05, 0) is 50.0 Å². The van der Waals surface area contributed by atoms with Crippen molar-refractivity contribution in [1.82, 2.24) is 4.90 Å². The average Bonchev–Trinajstić information content (AvgIpc) is 2.36. The van der Waals surface area contributed by atoms with E-state index < -0.39 is 0 Å². The number of rotatable bonds is 2. The van der Waals surface area contributed by atoms with Gasteiger partial charge in [-0.3, -0.25) is 4.90 Å². The van der Waals surface area contributed by atoms with E-state index >= 15 is 0 Å². The quantitative estimate of drug-likeness (QED) is 0.829. The fourth-order valence-electron chi connectivity index (χ4n) is 2.32. The summed E-state index contributed by atoms with van der Waals surface area (Å²) in [5.41, 5.74) is 2.32. The molecular formula is C14H17BrN2. The van der Waals surface area contributed by atoms with Crippen LogP contribution in [0.3, 0.4) is 0 Å². The third-order valence-electron chi connectivity index (χ3n) is 3.39. The molecule has 3 heteroatoms. The molecule has 17 heavy (non-hydrogen) atoms. The Hall–Kier alpha value is -0.850. The molecule has 0 saturated carbocycles.